The maximum Gasteiger partial charge on any atom is 0.269 e. The summed E-state index contributed by atoms with van der Waals surface area (Å²) in [6.07, 6.45) is 3.46. The van der Waals surface area contributed by atoms with E-state index < -0.39 is 11.8 Å². The van der Waals surface area contributed by atoms with Gasteiger partial charge < -0.3 is 4.74 Å². The molecule has 26 heavy (non-hydrogen) atoms. The number of hydrogen-bond acceptors (Lipinski definition) is 4. The van der Waals surface area contributed by atoms with Crippen LogP contribution in [0.2, 0.25) is 0 Å². The molecule has 0 unspecified atom stereocenters. The van der Waals surface area contributed by atoms with Crippen LogP contribution in [-0.2, 0) is 0 Å². The van der Waals surface area contributed by atoms with Crippen molar-refractivity contribution in [1.29, 1.82) is 0 Å². The summed E-state index contributed by atoms with van der Waals surface area (Å²) in [5, 5.41) is 0. The molecule has 0 bridgehead atoms. The molecule has 1 heterocycles. The Morgan fingerprint density at radius 1 is 0.846 bits per heavy atom. The lowest BCUT2D eigenvalue weighted by Crippen LogP contribution is -2.41. The Kier molecular flexibility index (Phi) is 5.24. The monoisotopic (exact) mass is 347 g/mol. The minimum absolute atomic E-state index is 0.386. The van der Waals surface area contributed by atoms with Gasteiger partial charge in [-0.2, -0.15) is 0 Å². The predicted molar refractivity (Wildman–Crippen MR) is 97.6 cm³/mol. The van der Waals surface area contributed by atoms with Crippen molar-refractivity contribution in [2.75, 3.05) is 7.11 Å². The molecule has 130 valence electrons. The van der Waals surface area contributed by atoms with E-state index in [1.165, 1.54) is 7.11 Å². The summed E-state index contributed by atoms with van der Waals surface area (Å²) in [7, 11) is 1.52. The summed E-state index contributed by atoms with van der Waals surface area (Å²) in [5.74, 6) is -0.266. The lowest BCUT2D eigenvalue weighted by molar-refractivity contribution is 0.0846. The second-order valence-corrected chi connectivity index (χ2v) is 5.46. The maximum atomic E-state index is 12.2. The van der Waals surface area contributed by atoms with Crippen LogP contribution >= 0.6 is 0 Å². The number of nitrogens with zero attached hydrogens (tertiary/aromatic N) is 1. The number of hydrogen-bond donors (Lipinski definition) is 2. The van der Waals surface area contributed by atoms with Crippen LogP contribution in [0.25, 0.3) is 11.1 Å². The second-order valence-electron chi connectivity index (χ2n) is 5.46. The van der Waals surface area contributed by atoms with E-state index in [1.54, 1.807) is 48.8 Å². The molecule has 0 saturated carbocycles. The van der Waals surface area contributed by atoms with Crippen LogP contribution in [0.15, 0.2) is 73.1 Å². The number of benzene rings is 2. The molecule has 0 saturated heterocycles. The first kappa shape index (κ1) is 17.2. The first-order valence-corrected chi connectivity index (χ1v) is 7.92. The van der Waals surface area contributed by atoms with Crippen LogP contribution in [0.4, 0.5) is 0 Å². The first-order valence-electron chi connectivity index (χ1n) is 7.92. The van der Waals surface area contributed by atoms with Crippen molar-refractivity contribution >= 4 is 11.8 Å². The quantitative estimate of drug-likeness (QED) is 0.711. The number of carbonyl (C=O) groups is 2. The van der Waals surface area contributed by atoms with Gasteiger partial charge >= 0.3 is 0 Å². The topological polar surface area (TPSA) is 80.3 Å². The fraction of sp³-hybridized carbons (Fsp3) is 0.0500. The molecule has 0 fully saturated rings. The number of carbonyl (C=O) groups excluding carboxylic acids is 2. The zero-order chi connectivity index (χ0) is 18.4. The average Bonchev–Trinajstić information content (AvgIpc) is 2.72. The summed E-state index contributed by atoms with van der Waals surface area (Å²) in [6.45, 7) is 0. The number of nitrogens with one attached hydrogen (secondary N) is 2. The molecular formula is C20H17N3O3. The van der Waals surface area contributed by atoms with E-state index in [9.17, 15) is 9.59 Å². The van der Waals surface area contributed by atoms with Crippen molar-refractivity contribution in [3.8, 4) is 16.9 Å². The highest BCUT2D eigenvalue weighted by atomic mass is 16.5. The van der Waals surface area contributed by atoms with Gasteiger partial charge in [0.25, 0.3) is 11.8 Å². The van der Waals surface area contributed by atoms with Gasteiger partial charge in [0, 0.05) is 23.5 Å². The van der Waals surface area contributed by atoms with Crippen molar-refractivity contribution in [1.82, 2.24) is 15.8 Å². The molecule has 0 aliphatic rings. The van der Waals surface area contributed by atoms with E-state index in [-0.39, 0.29) is 0 Å². The molecule has 6 heteroatoms. The van der Waals surface area contributed by atoms with Crippen molar-refractivity contribution in [3.63, 3.8) is 0 Å². The predicted octanol–water partition coefficient (Wildman–Crippen LogP) is 2.83. The van der Waals surface area contributed by atoms with Crippen LogP contribution in [-0.4, -0.2) is 23.9 Å². The molecule has 0 atom stereocenters. The Hall–Kier alpha value is -3.67. The number of hydrazine groups is 1. The molecular weight excluding hydrogens is 330 g/mol. The minimum atomic E-state index is -0.427. The normalized spacial score (nSPS) is 10.0. The molecule has 3 rings (SSSR count). The maximum absolute atomic E-state index is 12.2. The molecule has 0 spiro atoms. The molecule has 3 aromatic rings. The highest BCUT2D eigenvalue weighted by Gasteiger charge is 2.10. The average molecular weight is 347 g/mol. The number of rotatable bonds is 4. The molecule has 0 aliphatic heterocycles. The van der Waals surface area contributed by atoms with E-state index in [2.05, 4.69) is 15.8 Å². The van der Waals surface area contributed by atoms with Crippen LogP contribution in [0.5, 0.6) is 5.75 Å². The van der Waals surface area contributed by atoms with E-state index in [1.807, 2.05) is 24.3 Å². The van der Waals surface area contributed by atoms with Crippen molar-refractivity contribution in [2.45, 2.75) is 0 Å². The molecule has 2 amide bonds. The van der Waals surface area contributed by atoms with E-state index in [0.29, 0.717) is 16.9 Å². The van der Waals surface area contributed by atoms with Gasteiger partial charge in [-0.1, -0.05) is 24.3 Å². The smallest absolute Gasteiger partial charge is 0.269 e. The number of pyridine rings is 1. The fourth-order valence-electron chi connectivity index (χ4n) is 2.37. The lowest BCUT2D eigenvalue weighted by Gasteiger charge is -2.09. The first-order chi connectivity index (χ1) is 12.7. The molecule has 2 aromatic carbocycles. The summed E-state index contributed by atoms with van der Waals surface area (Å²) < 4.78 is 5.08. The Bertz CT molecular complexity index is 909. The van der Waals surface area contributed by atoms with E-state index >= 15 is 0 Å². The Balaban J connectivity index is 1.62. The summed E-state index contributed by atoms with van der Waals surface area (Å²) in [4.78, 5) is 28.4. The van der Waals surface area contributed by atoms with Gasteiger partial charge in [0.1, 0.15) is 5.75 Å². The second kappa shape index (κ2) is 7.94. The van der Waals surface area contributed by atoms with Gasteiger partial charge in [0.15, 0.2) is 0 Å². The number of amides is 2. The van der Waals surface area contributed by atoms with Gasteiger partial charge in [-0.25, -0.2) is 0 Å². The Morgan fingerprint density at radius 3 is 2.23 bits per heavy atom. The number of aromatic nitrogens is 1. The van der Waals surface area contributed by atoms with E-state index in [0.717, 1.165) is 11.1 Å². The SMILES string of the molecule is COc1cccc(C(=O)NNC(=O)c2ccc(-c3cccnc3)cc2)c1. The lowest BCUT2D eigenvalue weighted by atomic mass is 10.1. The minimum Gasteiger partial charge on any atom is -0.497 e. The third-order valence-electron chi connectivity index (χ3n) is 3.76. The van der Waals surface area contributed by atoms with Crippen LogP contribution in [0, 0.1) is 0 Å². The Morgan fingerprint density at radius 2 is 1.58 bits per heavy atom. The molecule has 0 aliphatic carbocycles. The highest BCUT2D eigenvalue weighted by molar-refractivity contribution is 5.99. The summed E-state index contributed by atoms with van der Waals surface area (Å²) >= 11 is 0. The van der Waals surface area contributed by atoms with E-state index in [4.69, 9.17) is 4.74 Å². The zero-order valence-electron chi connectivity index (χ0n) is 14.1. The zero-order valence-corrected chi connectivity index (χ0v) is 14.1. The Labute approximate surface area is 150 Å². The third-order valence-corrected chi connectivity index (χ3v) is 3.76. The van der Waals surface area contributed by atoms with Gasteiger partial charge in [0.2, 0.25) is 0 Å². The third kappa shape index (κ3) is 4.05. The van der Waals surface area contributed by atoms with Crippen LogP contribution < -0.4 is 15.6 Å². The summed E-state index contributed by atoms with van der Waals surface area (Å²) in [5.41, 5.74) is 7.53. The van der Waals surface area contributed by atoms with Gasteiger partial charge in [0.05, 0.1) is 7.11 Å². The molecule has 2 N–H and O–H groups in total. The summed E-state index contributed by atoms with van der Waals surface area (Å²) in [6, 6.07) is 17.5. The van der Waals surface area contributed by atoms with Gasteiger partial charge in [-0.3, -0.25) is 25.4 Å². The van der Waals surface area contributed by atoms with Crippen molar-refractivity contribution in [2.24, 2.45) is 0 Å². The fourth-order valence-corrected chi connectivity index (χ4v) is 2.37. The largest absolute Gasteiger partial charge is 0.497 e. The van der Waals surface area contributed by atoms with Crippen molar-refractivity contribution in [3.05, 3.63) is 84.2 Å². The van der Waals surface area contributed by atoms with Gasteiger partial charge in [-0.05, 0) is 47.5 Å². The van der Waals surface area contributed by atoms with Crippen LogP contribution in [0.3, 0.4) is 0 Å². The van der Waals surface area contributed by atoms with Gasteiger partial charge in [-0.15, -0.1) is 0 Å². The van der Waals surface area contributed by atoms with Crippen LogP contribution in [0.1, 0.15) is 20.7 Å². The molecule has 1 aromatic heterocycles. The standard InChI is InChI=1S/C20H17N3O3/c1-26-18-6-2-4-16(12-18)20(25)23-22-19(24)15-9-7-14(8-10-15)17-5-3-11-21-13-17/h2-13H,1H3,(H,22,24)(H,23,25). The number of methoxy groups -OCH3 is 1. The molecule has 6 nitrogen and oxygen atoms in total. The molecule has 0 radical (unpaired) electrons. The van der Waals surface area contributed by atoms with Crippen molar-refractivity contribution < 1.29 is 14.3 Å². The highest BCUT2D eigenvalue weighted by Crippen LogP contribution is 2.18. The number of ether oxygens (including phenoxy) is 1.